The molecule has 0 amide bonds. The van der Waals surface area contributed by atoms with Crippen molar-refractivity contribution < 1.29 is 4.74 Å². The van der Waals surface area contributed by atoms with E-state index in [9.17, 15) is 0 Å². The maximum Gasteiger partial charge on any atom is 0.190 e. The molecule has 2 aromatic rings. The molecule has 2 N–H and O–H groups in total. The Morgan fingerprint density at radius 3 is 2.56 bits per heavy atom. The summed E-state index contributed by atoms with van der Waals surface area (Å²) in [6, 6.07) is 10.5. The van der Waals surface area contributed by atoms with Gasteiger partial charge < -0.3 is 15.4 Å². The van der Waals surface area contributed by atoms with Crippen LogP contribution in [0.5, 0.6) is 0 Å². The van der Waals surface area contributed by atoms with Crippen molar-refractivity contribution in [2.24, 2.45) is 4.99 Å². The van der Waals surface area contributed by atoms with Crippen LogP contribution < -0.4 is 10.6 Å². The molecule has 0 radical (unpaired) electrons. The quantitative estimate of drug-likeness (QED) is 0.212. The van der Waals surface area contributed by atoms with Crippen LogP contribution in [-0.2, 0) is 17.6 Å². The fourth-order valence-corrected chi connectivity index (χ4v) is 3.17. The molecule has 0 atom stereocenters. The summed E-state index contributed by atoms with van der Waals surface area (Å²) in [4.78, 5) is 8.72. The summed E-state index contributed by atoms with van der Waals surface area (Å²) < 4.78 is 5.71. The summed E-state index contributed by atoms with van der Waals surface area (Å²) in [5, 5.41) is 9.91. The summed E-state index contributed by atoms with van der Waals surface area (Å²) >= 11 is 1.70. The smallest absolute Gasteiger partial charge is 0.190 e. The average molecular weight is 502 g/mol. The first-order chi connectivity index (χ1) is 12.8. The van der Waals surface area contributed by atoms with E-state index in [1.807, 2.05) is 13.0 Å². The highest BCUT2D eigenvalue weighted by Gasteiger charge is 2.00. The molecule has 27 heavy (non-hydrogen) atoms. The number of hydrogen-bond acceptors (Lipinski definition) is 4. The maximum absolute atomic E-state index is 5.71. The van der Waals surface area contributed by atoms with Crippen LogP contribution in [0.25, 0.3) is 0 Å². The fourth-order valence-electron chi connectivity index (χ4n) is 2.53. The van der Waals surface area contributed by atoms with Gasteiger partial charge in [-0.15, -0.1) is 35.3 Å². The van der Waals surface area contributed by atoms with Gasteiger partial charge in [0.05, 0.1) is 17.3 Å². The lowest BCUT2D eigenvalue weighted by Crippen LogP contribution is -2.38. The number of halogens is 1. The third kappa shape index (κ3) is 10.7. The van der Waals surface area contributed by atoms with Gasteiger partial charge in [-0.2, -0.15) is 0 Å². The molecular weight excluding hydrogens is 471 g/mol. The van der Waals surface area contributed by atoms with E-state index < -0.39 is 0 Å². The highest BCUT2D eigenvalue weighted by molar-refractivity contribution is 14.0. The molecule has 1 aromatic carbocycles. The average Bonchev–Trinajstić information content (AvgIpc) is 3.08. The lowest BCUT2D eigenvalue weighted by molar-refractivity contribution is 0.133. The Morgan fingerprint density at radius 1 is 1.07 bits per heavy atom. The van der Waals surface area contributed by atoms with Gasteiger partial charge in [-0.25, -0.2) is 4.98 Å². The summed E-state index contributed by atoms with van der Waals surface area (Å²) in [5.41, 5.74) is 2.47. The SMILES string of the molecule is CN=C(NCCCCOCCc1ccccc1)NCCc1csc(C)n1.I. The van der Waals surface area contributed by atoms with E-state index in [0.717, 1.165) is 68.6 Å². The van der Waals surface area contributed by atoms with Gasteiger partial charge in [0.2, 0.25) is 0 Å². The summed E-state index contributed by atoms with van der Waals surface area (Å²) in [5.74, 6) is 0.849. The van der Waals surface area contributed by atoms with E-state index >= 15 is 0 Å². The zero-order chi connectivity index (χ0) is 18.5. The molecule has 150 valence electrons. The van der Waals surface area contributed by atoms with Gasteiger partial charge in [-0.3, -0.25) is 4.99 Å². The van der Waals surface area contributed by atoms with Crippen molar-refractivity contribution in [2.75, 3.05) is 33.4 Å². The first-order valence-corrected chi connectivity index (χ1v) is 10.1. The van der Waals surface area contributed by atoms with Crippen molar-refractivity contribution in [3.63, 3.8) is 0 Å². The van der Waals surface area contributed by atoms with Crippen LogP contribution in [0.4, 0.5) is 0 Å². The number of nitrogens with zero attached hydrogens (tertiary/aromatic N) is 2. The predicted octanol–water partition coefficient (Wildman–Crippen LogP) is 3.82. The molecule has 1 aromatic heterocycles. The molecule has 0 saturated carbocycles. The number of thiazole rings is 1. The second-order valence-corrected chi connectivity index (χ2v) is 7.15. The van der Waals surface area contributed by atoms with Gasteiger partial charge in [0.15, 0.2) is 5.96 Å². The van der Waals surface area contributed by atoms with Crippen molar-refractivity contribution in [3.05, 3.63) is 52.0 Å². The fraction of sp³-hybridized carbons (Fsp3) is 0.500. The molecule has 5 nitrogen and oxygen atoms in total. The molecule has 0 saturated heterocycles. The number of nitrogens with one attached hydrogen (secondary N) is 2. The Morgan fingerprint density at radius 2 is 1.85 bits per heavy atom. The third-order valence-corrected chi connectivity index (χ3v) is 4.77. The highest BCUT2D eigenvalue weighted by Crippen LogP contribution is 2.07. The number of aromatic nitrogens is 1. The second kappa shape index (κ2) is 14.8. The minimum absolute atomic E-state index is 0. The lowest BCUT2D eigenvalue weighted by Gasteiger charge is -2.11. The van der Waals surface area contributed by atoms with Crippen molar-refractivity contribution in [1.82, 2.24) is 15.6 Å². The molecule has 0 aliphatic heterocycles. The number of aliphatic imine (C=N–C) groups is 1. The second-order valence-electron chi connectivity index (χ2n) is 6.09. The van der Waals surface area contributed by atoms with Gasteiger partial charge >= 0.3 is 0 Å². The summed E-state index contributed by atoms with van der Waals surface area (Å²) in [6.07, 6.45) is 4.02. The normalized spacial score (nSPS) is 11.1. The Hall–Kier alpha value is -1.19. The summed E-state index contributed by atoms with van der Waals surface area (Å²) in [6.45, 7) is 5.37. The number of hydrogen-bond donors (Lipinski definition) is 2. The molecule has 0 fully saturated rings. The molecule has 0 spiro atoms. The van der Waals surface area contributed by atoms with Gasteiger partial charge in [-0.1, -0.05) is 30.3 Å². The Bertz CT molecular complexity index is 648. The maximum atomic E-state index is 5.71. The molecule has 0 aliphatic carbocycles. The van der Waals surface area contributed by atoms with Crippen LogP contribution in [0.3, 0.4) is 0 Å². The highest BCUT2D eigenvalue weighted by atomic mass is 127. The summed E-state index contributed by atoms with van der Waals surface area (Å²) in [7, 11) is 1.80. The minimum atomic E-state index is 0. The minimum Gasteiger partial charge on any atom is -0.381 e. The van der Waals surface area contributed by atoms with Crippen LogP contribution in [-0.4, -0.2) is 44.3 Å². The van der Waals surface area contributed by atoms with Crippen molar-refractivity contribution in [2.45, 2.75) is 32.6 Å². The Kier molecular flexibility index (Phi) is 13.1. The number of rotatable bonds is 11. The van der Waals surface area contributed by atoms with Crippen LogP contribution >= 0.6 is 35.3 Å². The van der Waals surface area contributed by atoms with E-state index in [-0.39, 0.29) is 24.0 Å². The van der Waals surface area contributed by atoms with Gasteiger partial charge in [0.1, 0.15) is 0 Å². The lowest BCUT2D eigenvalue weighted by atomic mass is 10.2. The standard InChI is InChI=1S/C20H30N4OS.HI/c1-17-24-19(16-26-17)10-13-23-20(21-2)22-12-6-7-14-25-15-11-18-8-4-3-5-9-18;/h3-5,8-9,16H,6-7,10-15H2,1-2H3,(H2,21,22,23);1H. The Labute approximate surface area is 184 Å². The van der Waals surface area contributed by atoms with Crippen LogP contribution in [0.1, 0.15) is 29.1 Å². The van der Waals surface area contributed by atoms with Crippen molar-refractivity contribution in [1.29, 1.82) is 0 Å². The number of guanidine groups is 1. The topological polar surface area (TPSA) is 58.5 Å². The number of benzene rings is 1. The van der Waals surface area contributed by atoms with Crippen LogP contribution in [0.15, 0.2) is 40.7 Å². The first-order valence-electron chi connectivity index (χ1n) is 9.25. The van der Waals surface area contributed by atoms with E-state index in [1.165, 1.54) is 5.56 Å². The van der Waals surface area contributed by atoms with Crippen LogP contribution in [0.2, 0.25) is 0 Å². The van der Waals surface area contributed by atoms with Gasteiger partial charge in [-0.05, 0) is 31.7 Å². The predicted molar refractivity (Wildman–Crippen MR) is 126 cm³/mol. The number of unbranched alkanes of at least 4 members (excludes halogenated alkanes) is 1. The zero-order valence-electron chi connectivity index (χ0n) is 16.2. The van der Waals surface area contributed by atoms with Gasteiger partial charge in [0, 0.05) is 38.5 Å². The molecule has 0 aliphatic rings. The molecular formula is C20H31IN4OS. The van der Waals surface area contributed by atoms with Crippen LogP contribution in [0, 0.1) is 6.92 Å². The van der Waals surface area contributed by atoms with Crippen molar-refractivity contribution >= 4 is 41.3 Å². The van der Waals surface area contributed by atoms with Crippen molar-refractivity contribution in [3.8, 4) is 0 Å². The largest absolute Gasteiger partial charge is 0.381 e. The molecule has 7 heteroatoms. The molecule has 0 bridgehead atoms. The zero-order valence-corrected chi connectivity index (χ0v) is 19.4. The Balaban J connectivity index is 0.00000364. The van der Waals surface area contributed by atoms with E-state index in [4.69, 9.17) is 4.74 Å². The monoisotopic (exact) mass is 502 g/mol. The van der Waals surface area contributed by atoms with Gasteiger partial charge in [0.25, 0.3) is 0 Å². The number of ether oxygens (including phenoxy) is 1. The third-order valence-electron chi connectivity index (χ3n) is 3.95. The number of aryl methyl sites for hydroxylation is 1. The van der Waals surface area contributed by atoms with E-state index in [1.54, 1.807) is 18.4 Å². The molecule has 0 unspecified atom stereocenters. The first kappa shape index (κ1) is 23.8. The van der Waals surface area contributed by atoms with E-state index in [2.05, 4.69) is 50.3 Å². The van der Waals surface area contributed by atoms with E-state index in [0.29, 0.717) is 0 Å². The molecule has 2 rings (SSSR count). The molecule has 1 heterocycles.